The highest BCUT2D eigenvalue weighted by Gasteiger charge is 2.32. The summed E-state index contributed by atoms with van der Waals surface area (Å²) in [5, 5.41) is 4.10. The third-order valence-corrected chi connectivity index (χ3v) is 6.72. The highest BCUT2D eigenvalue weighted by atomic mass is 32.2. The first kappa shape index (κ1) is 20.2. The van der Waals surface area contributed by atoms with E-state index in [0.717, 1.165) is 0 Å². The number of nitrogens with zero attached hydrogens (tertiary/aromatic N) is 4. The third-order valence-electron chi connectivity index (χ3n) is 4.82. The molecular weight excluding hydrogens is 384 g/mol. The molecule has 1 aliphatic heterocycles. The van der Waals surface area contributed by atoms with Crippen LogP contribution in [0.4, 0.5) is 0 Å². The first-order valence-electron chi connectivity index (χ1n) is 8.88. The number of hydrogen-bond acceptors (Lipinski definition) is 6. The molecule has 0 unspecified atom stereocenters. The molecule has 1 aromatic carbocycles. The second kappa shape index (κ2) is 8.19. The smallest absolute Gasteiger partial charge is 0.247 e. The molecule has 0 N–H and O–H groups in total. The van der Waals surface area contributed by atoms with Gasteiger partial charge >= 0.3 is 0 Å². The molecule has 28 heavy (non-hydrogen) atoms. The summed E-state index contributed by atoms with van der Waals surface area (Å²) in [5.41, 5.74) is 0. The first-order valence-corrected chi connectivity index (χ1v) is 10.3. The summed E-state index contributed by atoms with van der Waals surface area (Å²) in [5.74, 6) is 0.738. The summed E-state index contributed by atoms with van der Waals surface area (Å²) in [6.45, 7) is 2.90. The number of sulfonamides is 1. The summed E-state index contributed by atoms with van der Waals surface area (Å²) >= 11 is 0. The minimum atomic E-state index is -3.69. The van der Waals surface area contributed by atoms with Gasteiger partial charge in [-0.1, -0.05) is 0 Å². The Morgan fingerprint density at radius 2 is 1.79 bits per heavy atom. The Balaban J connectivity index is 1.69. The normalized spacial score (nSPS) is 16.6. The van der Waals surface area contributed by atoms with Crippen LogP contribution in [-0.4, -0.2) is 73.7 Å². The second-order valence-corrected chi connectivity index (χ2v) is 8.35. The van der Waals surface area contributed by atoms with Gasteiger partial charge in [-0.25, -0.2) is 8.42 Å². The second-order valence-electron chi connectivity index (χ2n) is 6.41. The van der Waals surface area contributed by atoms with Crippen LogP contribution in [0.3, 0.4) is 0 Å². The summed E-state index contributed by atoms with van der Waals surface area (Å²) in [7, 11) is -0.740. The van der Waals surface area contributed by atoms with Crippen LogP contribution in [0.2, 0.25) is 0 Å². The molecule has 2 aromatic rings. The maximum atomic E-state index is 13.0. The van der Waals surface area contributed by atoms with Crippen LogP contribution in [-0.2, 0) is 14.8 Å². The number of methoxy groups -OCH3 is 2. The zero-order chi connectivity index (χ0) is 20.3. The third kappa shape index (κ3) is 3.83. The van der Waals surface area contributed by atoms with Crippen molar-refractivity contribution in [3.05, 3.63) is 36.7 Å². The minimum absolute atomic E-state index is 0.0770. The van der Waals surface area contributed by atoms with Gasteiger partial charge in [-0.3, -0.25) is 9.48 Å². The van der Waals surface area contributed by atoms with Gasteiger partial charge < -0.3 is 14.4 Å². The fourth-order valence-corrected chi connectivity index (χ4v) is 4.60. The molecule has 1 saturated heterocycles. The SMILES string of the molecule is COc1ccc(S(=O)(=O)N2CCN(C(=O)[C@@H](C)n3cccn3)CC2)cc1OC. The summed E-state index contributed by atoms with van der Waals surface area (Å²) in [4.78, 5) is 14.5. The lowest BCUT2D eigenvalue weighted by atomic mass is 10.2. The number of ether oxygens (including phenoxy) is 2. The van der Waals surface area contributed by atoms with E-state index in [-0.39, 0.29) is 23.9 Å². The van der Waals surface area contributed by atoms with E-state index in [1.165, 1.54) is 30.7 Å². The maximum absolute atomic E-state index is 13.0. The molecule has 1 fully saturated rings. The van der Waals surface area contributed by atoms with Gasteiger partial charge in [-0.2, -0.15) is 9.40 Å². The molecule has 2 heterocycles. The molecule has 0 spiro atoms. The minimum Gasteiger partial charge on any atom is -0.493 e. The van der Waals surface area contributed by atoms with Crippen molar-refractivity contribution < 1.29 is 22.7 Å². The van der Waals surface area contributed by atoms with E-state index < -0.39 is 16.1 Å². The molecule has 1 amide bonds. The van der Waals surface area contributed by atoms with Gasteiger partial charge in [0.2, 0.25) is 15.9 Å². The number of hydrogen-bond donors (Lipinski definition) is 0. The molecule has 1 aliphatic rings. The van der Waals surface area contributed by atoms with Crippen molar-refractivity contribution in [1.29, 1.82) is 0 Å². The fourth-order valence-electron chi connectivity index (χ4n) is 3.16. The van der Waals surface area contributed by atoms with Crippen LogP contribution >= 0.6 is 0 Å². The van der Waals surface area contributed by atoms with Crippen LogP contribution in [0.25, 0.3) is 0 Å². The Hall–Kier alpha value is -2.59. The Morgan fingerprint density at radius 3 is 2.36 bits per heavy atom. The van der Waals surface area contributed by atoms with Crippen LogP contribution < -0.4 is 9.47 Å². The number of carbonyl (C=O) groups is 1. The lowest BCUT2D eigenvalue weighted by molar-refractivity contribution is -0.135. The van der Waals surface area contributed by atoms with Crippen molar-refractivity contribution >= 4 is 15.9 Å². The van der Waals surface area contributed by atoms with Crippen LogP contribution in [0.15, 0.2) is 41.6 Å². The van der Waals surface area contributed by atoms with Crippen molar-refractivity contribution in [3.8, 4) is 11.5 Å². The molecule has 0 aliphatic carbocycles. The maximum Gasteiger partial charge on any atom is 0.247 e. The average molecular weight is 408 g/mol. The number of carbonyl (C=O) groups excluding carboxylic acids is 1. The summed E-state index contributed by atoms with van der Waals surface area (Å²) in [6.07, 6.45) is 3.36. The molecule has 0 bridgehead atoms. The molecule has 3 rings (SSSR count). The zero-order valence-corrected chi connectivity index (χ0v) is 16.9. The predicted octanol–water partition coefficient (Wildman–Crippen LogP) is 0.994. The van der Waals surface area contributed by atoms with E-state index in [1.54, 1.807) is 41.0 Å². The van der Waals surface area contributed by atoms with Gasteiger partial charge in [0.25, 0.3) is 0 Å². The van der Waals surface area contributed by atoms with Crippen LogP contribution in [0.5, 0.6) is 11.5 Å². The molecule has 9 nitrogen and oxygen atoms in total. The number of rotatable bonds is 6. The van der Waals surface area contributed by atoms with Crippen molar-refractivity contribution in [2.24, 2.45) is 0 Å². The van der Waals surface area contributed by atoms with E-state index >= 15 is 0 Å². The first-order chi connectivity index (χ1) is 13.4. The lowest BCUT2D eigenvalue weighted by Gasteiger charge is -2.35. The quantitative estimate of drug-likeness (QED) is 0.708. The van der Waals surface area contributed by atoms with E-state index in [1.807, 2.05) is 0 Å². The summed E-state index contributed by atoms with van der Waals surface area (Å²) < 4.78 is 39.3. The fraction of sp³-hybridized carbons (Fsp3) is 0.444. The summed E-state index contributed by atoms with van der Waals surface area (Å²) in [6, 6.07) is 5.85. The molecule has 0 radical (unpaired) electrons. The van der Waals surface area contributed by atoms with Gasteiger partial charge in [-0.15, -0.1) is 0 Å². The van der Waals surface area contributed by atoms with Gasteiger partial charge in [-0.05, 0) is 25.1 Å². The largest absolute Gasteiger partial charge is 0.493 e. The standard InChI is InChI=1S/C18H24N4O5S/c1-14(22-8-4-7-19-22)18(23)20-9-11-21(12-10-20)28(24,25)15-5-6-16(26-2)17(13-15)27-3/h4-8,13-14H,9-12H2,1-3H3/t14-/m1/s1. The van der Waals surface area contributed by atoms with Crippen LogP contribution in [0, 0.1) is 0 Å². The molecule has 152 valence electrons. The van der Waals surface area contributed by atoms with E-state index in [0.29, 0.717) is 24.6 Å². The highest BCUT2D eigenvalue weighted by molar-refractivity contribution is 7.89. The molecule has 1 atom stereocenters. The Morgan fingerprint density at radius 1 is 1.11 bits per heavy atom. The zero-order valence-electron chi connectivity index (χ0n) is 16.1. The van der Waals surface area contributed by atoms with E-state index in [4.69, 9.17) is 9.47 Å². The van der Waals surface area contributed by atoms with Crippen molar-refractivity contribution in [2.45, 2.75) is 17.9 Å². The van der Waals surface area contributed by atoms with Crippen molar-refractivity contribution in [2.75, 3.05) is 40.4 Å². The van der Waals surface area contributed by atoms with Crippen molar-refractivity contribution in [1.82, 2.24) is 19.0 Å². The molecular formula is C18H24N4O5S. The van der Waals surface area contributed by atoms with Gasteiger partial charge in [0.05, 0.1) is 19.1 Å². The lowest BCUT2D eigenvalue weighted by Crippen LogP contribution is -2.51. The number of piperazine rings is 1. The Kier molecular flexibility index (Phi) is 5.90. The Bertz CT molecular complexity index is 921. The molecule has 1 aromatic heterocycles. The highest BCUT2D eigenvalue weighted by Crippen LogP contribution is 2.31. The van der Waals surface area contributed by atoms with Gasteiger partial charge in [0.15, 0.2) is 11.5 Å². The number of amides is 1. The predicted molar refractivity (Wildman–Crippen MR) is 102 cm³/mol. The number of aromatic nitrogens is 2. The van der Waals surface area contributed by atoms with E-state index in [9.17, 15) is 13.2 Å². The topological polar surface area (TPSA) is 94.0 Å². The van der Waals surface area contributed by atoms with Crippen molar-refractivity contribution in [3.63, 3.8) is 0 Å². The number of benzene rings is 1. The van der Waals surface area contributed by atoms with Gasteiger partial charge in [0, 0.05) is 44.6 Å². The van der Waals surface area contributed by atoms with Gasteiger partial charge in [0.1, 0.15) is 6.04 Å². The van der Waals surface area contributed by atoms with E-state index in [2.05, 4.69) is 5.10 Å². The average Bonchev–Trinajstić information content (AvgIpc) is 3.27. The van der Waals surface area contributed by atoms with Crippen LogP contribution in [0.1, 0.15) is 13.0 Å². The molecule has 0 saturated carbocycles. The Labute approximate surface area is 164 Å². The molecule has 10 heteroatoms. The monoisotopic (exact) mass is 408 g/mol.